The highest BCUT2D eigenvalue weighted by Gasteiger charge is 2.14. The van der Waals surface area contributed by atoms with Gasteiger partial charge in [0.05, 0.1) is 11.9 Å². The average Bonchev–Trinajstić information content (AvgIpc) is 2.46. The lowest BCUT2D eigenvalue weighted by Crippen LogP contribution is -2.27. The van der Waals surface area contributed by atoms with Crippen LogP contribution in [0, 0.1) is 6.92 Å². The maximum Gasteiger partial charge on any atom is 0.276 e. The summed E-state index contributed by atoms with van der Waals surface area (Å²) in [5.74, 6) is -0.119. The molecule has 0 aliphatic heterocycles. The first-order chi connectivity index (χ1) is 9.11. The summed E-state index contributed by atoms with van der Waals surface area (Å²) in [4.78, 5) is 18.0. The molecule has 1 N–H and O–H groups in total. The van der Waals surface area contributed by atoms with Crippen molar-refractivity contribution in [3.63, 3.8) is 0 Å². The standard InChI is InChI=1S/C15H17N3O/c1-11-4-7-13(8-5-11)18(3)15(19)14-9-6-12(16-2)10-17-14/h4-10,16H,1-3H3. The Kier molecular flexibility index (Phi) is 3.80. The summed E-state index contributed by atoms with van der Waals surface area (Å²) in [7, 11) is 3.57. The molecule has 4 nitrogen and oxygen atoms in total. The Bertz CT molecular complexity index is 561. The van der Waals surface area contributed by atoms with Crippen LogP contribution in [0.4, 0.5) is 11.4 Å². The van der Waals surface area contributed by atoms with Gasteiger partial charge in [-0.25, -0.2) is 4.98 Å². The van der Waals surface area contributed by atoms with Crippen molar-refractivity contribution in [3.05, 3.63) is 53.9 Å². The number of nitrogens with zero attached hydrogens (tertiary/aromatic N) is 2. The zero-order valence-electron chi connectivity index (χ0n) is 11.3. The van der Waals surface area contributed by atoms with Gasteiger partial charge < -0.3 is 10.2 Å². The highest BCUT2D eigenvalue weighted by atomic mass is 16.2. The Morgan fingerprint density at radius 2 is 1.84 bits per heavy atom. The fraction of sp³-hybridized carbons (Fsp3) is 0.200. The average molecular weight is 255 g/mol. The highest BCUT2D eigenvalue weighted by molar-refractivity contribution is 6.04. The van der Waals surface area contributed by atoms with Crippen LogP contribution in [0.15, 0.2) is 42.6 Å². The van der Waals surface area contributed by atoms with E-state index in [0.717, 1.165) is 11.4 Å². The van der Waals surface area contributed by atoms with Gasteiger partial charge in [0.1, 0.15) is 5.69 Å². The molecule has 0 unspecified atom stereocenters. The molecule has 19 heavy (non-hydrogen) atoms. The molecule has 1 aromatic carbocycles. The van der Waals surface area contributed by atoms with Crippen LogP contribution in [0.2, 0.25) is 0 Å². The van der Waals surface area contributed by atoms with Crippen LogP contribution < -0.4 is 10.2 Å². The molecule has 2 aromatic rings. The molecule has 1 aromatic heterocycles. The number of carbonyl (C=O) groups excluding carboxylic acids is 1. The van der Waals surface area contributed by atoms with Gasteiger partial charge in [-0.3, -0.25) is 4.79 Å². The van der Waals surface area contributed by atoms with Crippen LogP contribution in [-0.4, -0.2) is 25.0 Å². The van der Waals surface area contributed by atoms with E-state index in [1.54, 1.807) is 24.2 Å². The van der Waals surface area contributed by atoms with Gasteiger partial charge in [0.15, 0.2) is 0 Å². The van der Waals surface area contributed by atoms with E-state index < -0.39 is 0 Å². The van der Waals surface area contributed by atoms with Gasteiger partial charge in [-0.15, -0.1) is 0 Å². The first-order valence-electron chi connectivity index (χ1n) is 6.10. The van der Waals surface area contributed by atoms with Gasteiger partial charge in [0, 0.05) is 19.8 Å². The van der Waals surface area contributed by atoms with Crippen molar-refractivity contribution in [2.75, 3.05) is 24.3 Å². The normalized spacial score (nSPS) is 10.1. The molecule has 0 spiro atoms. The lowest BCUT2D eigenvalue weighted by Gasteiger charge is -2.17. The van der Waals surface area contributed by atoms with E-state index in [2.05, 4.69) is 10.3 Å². The maximum absolute atomic E-state index is 12.3. The van der Waals surface area contributed by atoms with E-state index in [1.165, 1.54) is 5.56 Å². The van der Waals surface area contributed by atoms with Crippen molar-refractivity contribution in [2.24, 2.45) is 0 Å². The molecule has 0 radical (unpaired) electrons. The largest absolute Gasteiger partial charge is 0.387 e. The van der Waals surface area contributed by atoms with Crippen molar-refractivity contribution in [3.8, 4) is 0 Å². The molecule has 0 saturated heterocycles. The van der Waals surface area contributed by atoms with Crippen molar-refractivity contribution in [1.82, 2.24) is 4.98 Å². The predicted molar refractivity (Wildman–Crippen MR) is 77.7 cm³/mol. The number of rotatable bonds is 3. The van der Waals surface area contributed by atoms with Gasteiger partial charge in [0.25, 0.3) is 5.91 Å². The molecule has 1 heterocycles. The molecule has 4 heteroatoms. The number of amides is 1. The summed E-state index contributed by atoms with van der Waals surface area (Å²) in [6, 6.07) is 11.4. The number of hydrogen-bond acceptors (Lipinski definition) is 3. The fourth-order valence-electron chi connectivity index (χ4n) is 1.73. The summed E-state index contributed by atoms with van der Waals surface area (Å²) < 4.78 is 0. The summed E-state index contributed by atoms with van der Waals surface area (Å²) in [5.41, 5.74) is 3.34. The Morgan fingerprint density at radius 1 is 1.16 bits per heavy atom. The van der Waals surface area contributed by atoms with E-state index in [1.807, 2.05) is 44.3 Å². The summed E-state index contributed by atoms with van der Waals surface area (Å²) in [6.45, 7) is 2.02. The SMILES string of the molecule is CNc1ccc(C(=O)N(C)c2ccc(C)cc2)nc1. The second-order valence-electron chi connectivity index (χ2n) is 4.38. The second kappa shape index (κ2) is 5.52. The highest BCUT2D eigenvalue weighted by Crippen LogP contribution is 2.16. The summed E-state index contributed by atoms with van der Waals surface area (Å²) in [5, 5.41) is 2.97. The molecule has 0 bridgehead atoms. The minimum atomic E-state index is -0.119. The Balaban J connectivity index is 2.20. The molecule has 0 aliphatic rings. The van der Waals surface area contributed by atoms with Crippen LogP contribution in [0.25, 0.3) is 0 Å². The first kappa shape index (κ1) is 13.1. The minimum Gasteiger partial charge on any atom is -0.387 e. The zero-order chi connectivity index (χ0) is 13.8. The minimum absolute atomic E-state index is 0.119. The first-order valence-corrected chi connectivity index (χ1v) is 6.10. The predicted octanol–water partition coefficient (Wildman–Crippen LogP) is 2.71. The summed E-state index contributed by atoms with van der Waals surface area (Å²) >= 11 is 0. The number of anilines is 2. The van der Waals surface area contributed by atoms with Crippen molar-refractivity contribution < 1.29 is 4.79 Å². The smallest absolute Gasteiger partial charge is 0.276 e. The van der Waals surface area contributed by atoms with Crippen molar-refractivity contribution in [2.45, 2.75) is 6.92 Å². The van der Waals surface area contributed by atoms with E-state index in [4.69, 9.17) is 0 Å². The molecule has 0 saturated carbocycles. The van der Waals surface area contributed by atoms with Crippen molar-refractivity contribution >= 4 is 17.3 Å². The van der Waals surface area contributed by atoms with E-state index in [0.29, 0.717) is 5.69 Å². The van der Waals surface area contributed by atoms with Crippen molar-refractivity contribution in [1.29, 1.82) is 0 Å². The van der Waals surface area contributed by atoms with Crippen LogP contribution in [0.3, 0.4) is 0 Å². The number of aryl methyl sites for hydroxylation is 1. The van der Waals surface area contributed by atoms with Crippen LogP contribution in [0.5, 0.6) is 0 Å². The fourth-order valence-corrected chi connectivity index (χ4v) is 1.73. The number of nitrogens with one attached hydrogen (secondary N) is 1. The Morgan fingerprint density at radius 3 is 2.37 bits per heavy atom. The molecular formula is C15H17N3O. The van der Waals surface area contributed by atoms with E-state index in [9.17, 15) is 4.79 Å². The van der Waals surface area contributed by atoms with Gasteiger partial charge in [0.2, 0.25) is 0 Å². The van der Waals surface area contributed by atoms with E-state index in [-0.39, 0.29) is 5.91 Å². The quantitative estimate of drug-likeness (QED) is 0.917. The lowest BCUT2D eigenvalue weighted by molar-refractivity contribution is 0.0988. The van der Waals surface area contributed by atoms with Gasteiger partial charge in [-0.05, 0) is 31.2 Å². The van der Waals surface area contributed by atoms with Gasteiger partial charge in [-0.1, -0.05) is 17.7 Å². The number of benzene rings is 1. The van der Waals surface area contributed by atoms with Gasteiger partial charge >= 0.3 is 0 Å². The lowest BCUT2D eigenvalue weighted by atomic mass is 10.2. The molecule has 2 rings (SSSR count). The third-order valence-electron chi connectivity index (χ3n) is 3.00. The maximum atomic E-state index is 12.3. The molecule has 0 aliphatic carbocycles. The van der Waals surface area contributed by atoms with Crippen LogP contribution in [0.1, 0.15) is 16.1 Å². The van der Waals surface area contributed by atoms with Gasteiger partial charge in [-0.2, -0.15) is 0 Å². The number of carbonyl (C=O) groups is 1. The Labute approximate surface area is 113 Å². The number of hydrogen-bond donors (Lipinski definition) is 1. The number of aromatic nitrogens is 1. The Hall–Kier alpha value is -2.36. The summed E-state index contributed by atoms with van der Waals surface area (Å²) in [6.07, 6.45) is 1.65. The van der Waals surface area contributed by atoms with E-state index >= 15 is 0 Å². The molecule has 98 valence electrons. The third kappa shape index (κ3) is 2.91. The molecule has 0 fully saturated rings. The van der Waals surface area contributed by atoms with Crippen LogP contribution in [-0.2, 0) is 0 Å². The molecule has 0 atom stereocenters. The topological polar surface area (TPSA) is 45.2 Å². The number of pyridine rings is 1. The van der Waals surface area contributed by atoms with Crippen LogP contribution >= 0.6 is 0 Å². The third-order valence-corrected chi connectivity index (χ3v) is 3.00. The monoisotopic (exact) mass is 255 g/mol. The zero-order valence-corrected chi connectivity index (χ0v) is 11.3. The second-order valence-corrected chi connectivity index (χ2v) is 4.38. The molecule has 1 amide bonds. The molecular weight excluding hydrogens is 238 g/mol.